The van der Waals surface area contributed by atoms with Gasteiger partial charge in [-0.15, -0.1) is 0 Å². The number of amides is 1. The van der Waals surface area contributed by atoms with Crippen LogP contribution in [0.4, 0.5) is 0 Å². The van der Waals surface area contributed by atoms with Crippen LogP contribution < -0.4 is 5.32 Å². The summed E-state index contributed by atoms with van der Waals surface area (Å²) in [5.74, 6) is 2.04. The molecule has 0 radical (unpaired) electrons. The first-order valence-electron chi connectivity index (χ1n) is 6.03. The van der Waals surface area contributed by atoms with Crippen LogP contribution in [-0.4, -0.2) is 22.4 Å². The Morgan fingerprint density at radius 1 is 1.69 bits per heavy atom. The summed E-state index contributed by atoms with van der Waals surface area (Å²) in [5.41, 5.74) is 0. The van der Waals surface area contributed by atoms with Gasteiger partial charge in [0, 0.05) is 31.3 Å². The number of rotatable bonds is 6. The van der Waals surface area contributed by atoms with Crippen LogP contribution in [0.25, 0.3) is 0 Å². The van der Waals surface area contributed by atoms with Gasteiger partial charge in [0.1, 0.15) is 5.82 Å². The highest BCUT2D eigenvalue weighted by Crippen LogP contribution is 2.36. The van der Waals surface area contributed by atoms with Crippen molar-refractivity contribution in [2.75, 3.05) is 6.54 Å². The molecule has 88 valence electrons. The third-order valence-electron chi connectivity index (χ3n) is 3.19. The molecule has 16 heavy (non-hydrogen) atoms. The first-order valence-corrected chi connectivity index (χ1v) is 6.03. The smallest absolute Gasteiger partial charge is 0.223 e. The van der Waals surface area contributed by atoms with Crippen molar-refractivity contribution in [2.24, 2.45) is 11.8 Å². The summed E-state index contributed by atoms with van der Waals surface area (Å²) in [6, 6.07) is 0. The van der Waals surface area contributed by atoms with Crippen LogP contribution in [0.15, 0.2) is 12.4 Å². The number of aromatic amines is 1. The minimum Gasteiger partial charge on any atom is -0.356 e. The minimum atomic E-state index is 0.198. The molecule has 0 saturated heterocycles. The van der Waals surface area contributed by atoms with E-state index in [4.69, 9.17) is 0 Å². The monoisotopic (exact) mass is 221 g/mol. The standard InChI is InChI=1S/C12H19N3O/c1-9(10-4-5-10)12(16)15-6-2-3-11-13-7-8-14-11/h7-10H,2-6H2,1H3,(H,13,14)(H,15,16). The summed E-state index contributed by atoms with van der Waals surface area (Å²) in [7, 11) is 0. The number of aryl methyl sites for hydroxylation is 1. The predicted molar refractivity (Wildman–Crippen MR) is 61.8 cm³/mol. The summed E-state index contributed by atoms with van der Waals surface area (Å²) in [6.07, 6.45) is 7.86. The van der Waals surface area contributed by atoms with Gasteiger partial charge in [0.05, 0.1) is 0 Å². The Labute approximate surface area is 95.9 Å². The van der Waals surface area contributed by atoms with E-state index < -0.39 is 0 Å². The fraction of sp³-hybridized carbons (Fsp3) is 0.667. The SMILES string of the molecule is CC(C(=O)NCCCc1ncc[nH]1)C1CC1. The number of aromatic nitrogens is 2. The van der Waals surface area contributed by atoms with E-state index >= 15 is 0 Å². The third kappa shape index (κ3) is 3.08. The molecule has 1 fully saturated rings. The summed E-state index contributed by atoms with van der Waals surface area (Å²) < 4.78 is 0. The van der Waals surface area contributed by atoms with Gasteiger partial charge in [-0.25, -0.2) is 4.98 Å². The molecule has 1 heterocycles. The first-order chi connectivity index (χ1) is 7.77. The third-order valence-corrected chi connectivity index (χ3v) is 3.19. The molecule has 1 saturated carbocycles. The zero-order chi connectivity index (χ0) is 11.4. The van der Waals surface area contributed by atoms with Crippen LogP contribution in [0.1, 0.15) is 32.0 Å². The van der Waals surface area contributed by atoms with Gasteiger partial charge in [-0.2, -0.15) is 0 Å². The number of carbonyl (C=O) groups excluding carboxylic acids is 1. The number of imidazole rings is 1. The van der Waals surface area contributed by atoms with Gasteiger partial charge >= 0.3 is 0 Å². The number of nitrogens with one attached hydrogen (secondary N) is 2. The molecular weight excluding hydrogens is 202 g/mol. The number of H-pyrrole nitrogens is 1. The van der Waals surface area contributed by atoms with Gasteiger partial charge in [-0.1, -0.05) is 6.92 Å². The van der Waals surface area contributed by atoms with Crippen LogP contribution in [0, 0.1) is 11.8 Å². The fourth-order valence-electron chi connectivity index (χ4n) is 1.87. The molecule has 0 aromatic carbocycles. The Kier molecular flexibility index (Phi) is 3.59. The van der Waals surface area contributed by atoms with Gasteiger partial charge in [0.2, 0.25) is 5.91 Å². The highest BCUT2D eigenvalue weighted by molar-refractivity contribution is 5.78. The van der Waals surface area contributed by atoms with Crippen LogP contribution >= 0.6 is 0 Å². The van der Waals surface area contributed by atoms with Crippen molar-refractivity contribution in [2.45, 2.75) is 32.6 Å². The second-order valence-electron chi connectivity index (χ2n) is 4.56. The fourth-order valence-corrected chi connectivity index (χ4v) is 1.87. The van der Waals surface area contributed by atoms with Crippen LogP contribution in [-0.2, 0) is 11.2 Å². The van der Waals surface area contributed by atoms with Gasteiger partial charge < -0.3 is 10.3 Å². The Hall–Kier alpha value is -1.32. The molecule has 1 aromatic heterocycles. The normalized spacial score (nSPS) is 17.1. The zero-order valence-corrected chi connectivity index (χ0v) is 9.70. The molecule has 0 bridgehead atoms. The van der Waals surface area contributed by atoms with E-state index in [1.54, 1.807) is 6.20 Å². The second-order valence-corrected chi connectivity index (χ2v) is 4.56. The molecule has 4 nitrogen and oxygen atoms in total. The second kappa shape index (κ2) is 5.14. The van der Waals surface area contributed by atoms with Gasteiger partial charge in [-0.05, 0) is 25.2 Å². The summed E-state index contributed by atoms with van der Waals surface area (Å²) >= 11 is 0. The van der Waals surface area contributed by atoms with Gasteiger partial charge in [0.25, 0.3) is 0 Å². The van der Waals surface area contributed by atoms with Crippen molar-refractivity contribution < 1.29 is 4.79 Å². The number of carbonyl (C=O) groups is 1. The van der Waals surface area contributed by atoms with E-state index in [2.05, 4.69) is 15.3 Å². The van der Waals surface area contributed by atoms with Crippen LogP contribution in [0.2, 0.25) is 0 Å². The van der Waals surface area contributed by atoms with Crippen molar-refractivity contribution in [1.82, 2.24) is 15.3 Å². The lowest BCUT2D eigenvalue weighted by Gasteiger charge is -2.10. The van der Waals surface area contributed by atoms with E-state index in [-0.39, 0.29) is 11.8 Å². The average Bonchev–Trinajstić information content (AvgIpc) is 3.01. The Morgan fingerprint density at radius 3 is 3.12 bits per heavy atom. The molecule has 2 rings (SSSR count). The molecule has 1 aliphatic carbocycles. The quantitative estimate of drug-likeness (QED) is 0.715. The molecule has 1 unspecified atom stereocenters. The lowest BCUT2D eigenvalue weighted by molar-refractivity contribution is -0.125. The van der Waals surface area contributed by atoms with Crippen molar-refractivity contribution in [3.63, 3.8) is 0 Å². The van der Waals surface area contributed by atoms with Crippen molar-refractivity contribution in [3.05, 3.63) is 18.2 Å². The molecule has 0 aliphatic heterocycles. The number of nitrogens with zero attached hydrogens (tertiary/aromatic N) is 1. The zero-order valence-electron chi connectivity index (χ0n) is 9.70. The minimum absolute atomic E-state index is 0.198. The molecule has 4 heteroatoms. The van der Waals surface area contributed by atoms with Gasteiger partial charge in [-0.3, -0.25) is 4.79 Å². The maximum atomic E-state index is 11.7. The van der Waals surface area contributed by atoms with Crippen LogP contribution in [0.5, 0.6) is 0 Å². The lowest BCUT2D eigenvalue weighted by atomic mass is 10.1. The average molecular weight is 221 g/mol. The Bertz CT molecular complexity index is 330. The van der Waals surface area contributed by atoms with Gasteiger partial charge in [0.15, 0.2) is 0 Å². The molecular formula is C12H19N3O. The maximum Gasteiger partial charge on any atom is 0.223 e. The molecule has 1 aliphatic rings. The molecule has 1 atom stereocenters. The predicted octanol–water partition coefficient (Wildman–Crippen LogP) is 1.50. The van der Waals surface area contributed by atoms with Crippen molar-refractivity contribution in [1.29, 1.82) is 0 Å². The Morgan fingerprint density at radius 2 is 2.50 bits per heavy atom. The van der Waals surface area contributed by atoms with E-state index in [0.29, 0.717) is 5.92 Å². The van der Waals surface area contributed by atoms with E-state index in [9.17, 15) is 4.79 Å². The topological polar surface area (TPSA) is 57.8 Å². The highest BCUT2D eigenvalue weighted by atomic mass is 16.1. The maximum absolute atomic E-state index is 11.7. The first kappa shape index (κ1) is 11.2. The van der Waals surface area contributed by atoms with E-state index in [1.807, 2.05) is 13.1 Å². The van der Waals surface area contributed by atoms with Crippen LogP contribution in [0.3, 0.4) is 0 Å². The summed E-state index contributed by atoms with van der Waals surface area (Å²) in [5, 5.41) is 2.99. The van der Waals surface area contributed by atoms with E-state index in [0.717, 1.165) is 25.2 Å². The Balaban J connectivity index is 1.58. The molecule has 1 amide bonds. The molecule has 1 aromatic rings. The van der Waals surface area contributed by atoms with E-state index in [1.165, 1.54) is 12.8 Å². The summed E-state index contributed by atoms with van der Waals surface area (Å²) in [4.78, 5) is 18.8. The molecule has 0 spiro atoms. The summed E-state index contributed by atoms with van der Waals surface area (Å²) in [6.45, 7) is 2.77. The number of hydrogen-bond acceptors (Lipinski definition) is 2. The molecule has 2 N–H and O–H groups in total. The van der Waals surface area contributed by atoms with Crippen molar-refractivity contribution in [3.8, 4) is 0 Å². The lowest BCUT2D eigenvalue weighted by Crippen LogP contribution is -2.31. The number of hydrogen-bond donors (Lipinski definition) is 2. The largest absolute Gasteiger partial charge is 0.356 e. The highest BCUT2D eigenvalue weighted by Gasteiger charge is 2.32. The van der Waals surface area contributed by atoms with Crippen molar-refractivity contribution >= 4 is 5.91 Å².